The van der Waals surface area contributed by atoms with E-state index >= 15 is 0 Å². The van der Waals surface area contributed by atoms with E-state index in [9.17, 15) is 0 Å². The Kier molecular flexibility index (Phi) is 4.78. The molecule has 0 heterocycles. The molecule has 1 rings (SSSR count). The normalized spacial score (nSPS) is 12.8. The molecule has 1 atom stereocenters. The lowest BCUT2D eigenvalue weighted by molar-refractivity contribution is 0.0790. The molecular weight excluding hydrogens is 251 g/mol. The fraction of sp³-hybridized carbons (Fsp3) is 0.400. The topological polar surface area (TPSA) is 9.23 Å². The third-order valence-corrected chi connectivity index (χ3v) is 2.36. The van der Waals surface area contributed by atoms with E-state index in [0.717, 1.165) is 22.5 Å². The maximum absolute atomic E-state index is 5.77. The van der Waals surface area contributed by atoms with Gasteiger partial charge < -0.3 is 4.74 Å². The van der Waals surface area contributed by atoms with Crippen LogP contribution in [-0.2, 0) is 4.74 Å². The summed E-state index contributed by atoms with van der Waals surface area (Å²) in [6, 6.07) is 7.73. The molecule has 3 heteroatoms. The second-order valence-electron chi connectivity index (χ2n) is 2.75. The van der Waals surface area contributed by atoms with E-state index in [1.807, 2.05) is 31.2 Å². The fourth-order valence-corrected chi connectivity index (χ4v) is 1.36. The van der Waals surface area contributed by atoms with Crippen molar-refractivity contribution in [2.24, 2.45) is 0 Å². The molecule has 0 N–H and O–H groups in total. The molecule has 0 aliphatic carbocycles. The predicted molar refractivity (Wildman–Crippen MR) is 59.6 cm³/mol. The SMILES string of the molecule is CC(OCCBr)c1ccc(Cl)cc1. The summed E-state index contributed by atoms with van der Waals surface area (Å²) in [5.41, 5.74) is 1.16. The zero-order valence-electron chi connectivity index (χ0n) is 7.47. The first-order valence-electron chi connectivity index (χ1n) is 4.17. The molecule has 0 amide bonds. The van der Waals surface area contributed by atoms with Crippen molar-refractivity contribution in [3.05, 3.63) is 34.9 Å². The summed E-state index contributed by atoms with van der Waals surface area (Å²) in [4.78, 5) is 0. The van der Waals surface area contributed by atoms with Gasteiger partial charge in [0.2, 0.25) is 0 Å². The predicted octanol–water partition coefficient (Wildman–Crippen LogP) is 3.81. The molecular formula is C10H12BrClO. The molecule has 0 bridgehead atoms. The van der Waals surface area contributed by atoms with Gasteiger partial charge in [-0.25, -0.2) is 0 Å². The summed E-state index contributed by atoms with van der Waals surface area (Å²) < 4.78 is 5.53. The molecule has 0 saturated heterocycles. The molecule has 1 aromatic rings. The van der Waals surface area contributed by atoms with E-state index in [1.54, 1.807) is 0 Å². The van der Waals surface area contributed by atoms with E-state index in [4.69, 9.17) is 16.3 Å². The van der Waals surface area contributed by atoms with Gasteiger partial charge in [-0.1, -0.05) is 39.7 Å². The van der Waals surface area contributed by atoms with Crippen molar-refractivity contribution in [3.8, 4) is 0 Å². The lowest BCUT2D eigenvalue weighted by Crippen LogP contribution is -2.01. The number of rotatable bonds is 4. The van der Waals surface area contributed by atoms with Crippen molar-refractivity contribution in [2.75, 3.05) is 11.9 Å². The number of benzene rings is 1. The van der Waals surface area contributed by atoms with Crippen molar-refractivity contribution in [1.29, 1.82) is 0 Å². The number of alkyl halides is 1. The van der Waals surface area contributed by atoms with Gasteiger partial charge in [0, 0.05) is 10.4 Å². The van der Waals surface area contributed by atoms with E-state index in [0.29, 0.717) is 0 Å². The van der Waals surface area contributed by atoms with Crippen LogP contribution >= 0.6 is 27.5 Å². The van der Waals surface area contributed by atoms with Crippen LogP contribution in [0.15, 0.2) is 24.3 Å². The van der Waals surface area contributed by atoms with Gasteiger partial charge in [0.1, 0.15) is 0 Å². The van der Waals surface area contributed by atoms with Gasteiger partial charge in [-0.15, -0.1) is 0 Å². The Labute approximate surface area is 92.2 Å². The van der Waals surface area contributed by atoms with Gasteiger partial charge >= 0.3 is 0 Å². The van der Waals surface area contributed by atoms with Crippen LogP contribution in [0.1, 0.15) is 18.6 Å². The second-order valence-corrected chi connectivity index (χ2v) is 3.98. The Morgan fingerprint density at radius 3 is 2.54 bits per heavy atom. The van der Waals surface area contributed by atoms with Crippen LogP contribution in [0, 0.1) is 0 Å². The average Bonchev–Trinajstić information content (AvgIpc) is 2.15. The van der Waals surface area contributed by atoms with Gasteiger partial charge in [-0.3, -0.25) is 0 Å². The minimum Gasteiger partial charge on any atom is -0.373 e. The summed E-state index contributed by atoms with van der Waals surface area (Å²) in [6.45, 7) is 2.76. The quantitative estimate of drug-likeness (QED) is 0.751. The lowest BCUT2D eigenvalue weighted by Gasteiger charge is -2.12. The van der Waals surface area contributed by atoms with E-state index in [2.05, 4.69) is 15.9 Å². The minimum atomic E-state index is 0.134. The first-order chi connectivity index (χ1) is 6.24. The Bertz CT molecular complexity index is 248. The Hall–Kier alpha value is -0.0500. The third-order valence-electron chi connectivity index (χ3n) is 1.78. The number of hydrogen-bond acceptors (Lipinski definition) is 1. The molecule has 13 heavy (non-hydrogen) atoms. The van der Waals surface area contributed by atoms with Crippen LogP contribution in [-0.4, -0.2) is 11.9 Å². The molecule has 1 nitrogen and oxygen atoms in total. The highest BCUT2D eigenvalue weighted by molar-refractivity contribution is 9.09. The van der Waals surface area contributed by atoms with Crippen molar-refractivity contribution in [3.63, 3.8) is 0 Å². The zero-order valence-corrected chi connectivity index (χ0v) is 9.81. The van der Waals surface area contributed by atoms with Crippen LogP contribution in [0.4, 0.5) is 0 Å². The molecule has 0 radical (unpaired) electrons. The maximum atomic E-state index is 5.77. The highest BCUT2D eigenvalue weighted by atomic mass is 79.9. The molecule has 0 aromatic heterocycles. The summed E-state index contributed by atoms with van der Waals surface area (Å²) in [7, 11) is 0. The first kappa shape index (κ1) is 11.0. The van der Waals surface area contributed by atoms with Gasteiger partial charge in [-0.05, 0) is 24.6 Å². The first-order valence-corrected chi connectivity index (χ1v) is 5.67. The van der Waals surface area contributed by atoms with Crippen LogP contribution in [0.5, 0.6) is 0 Å². The molecule has 0 aliphatic rings. The molecule has 0 fully saturated rings. The van der Waals surface area contributed by atoms with E-state index in [1.165, 1.54) is 0 Å². The standard InChI is InChI=1S/C10H12BrClO/c1-8(13-7-6-11)9-2-4-10(12)5-3-9/h2-5,8H,6-7H2,1H3. The zero-order chi connectivity index (χ0) is 9.68. The van der Waals surface area contributed by atoms with Crippen molar-refractivity contribution >= 4 is 27.5 Å². The third kappa shape index (κ3) is 3.67. The van der Waals surface area contributed by atoms with Crippen molar-refractivity contribution in [1.82, 2.24) is 0 Å². The summed E-state index contributed by atoms with van der Waals surface area (Å²) in [5, 5.41) is 1.63. The second kappa shape index (κ2) is 5.63. The molecule has 1 unspecified atom stereocenters. The average molecular weight is 264 g/mol. The number of hydrogen-bond donors (Lipinski definition) is 0. The van der Waals surface area contributed by atoms with Crippen LogP contribution in [0.2, 0.25) is 5.02 Å². The molecule has 0 saturated carbocycles. The van der Waals surface area contributed by atoms with Crippen molar-refractivity contribution in [2.45, 2.75) is 13.0 Å². The van der Waals surface area contributed by atoms with Crippen LogP contribution in [0.3, 0.4) is 0 Å². The highest BCUT2D eigenvalue weighted by Crippen LogP contribution is 2.18. The van der Waals surface area contributed by atoms with Crippen LogP contribution < -0.4 is 0 Å². The summed E-state index contributed by atoms with van der Waals surface area (Å²) in [6.07, 6.45) is 0.134. The Morgan fingerprint density at radius 2 is 2.00 bits per heavy atom. The summed E-state index contributed by atoms with van der Waals surface area (Å²) in [5.74, 6) is 0. The van der Waals surface area contributed by atoms with Crippen LogP contribution in [0.25, 0.3) is 0 Å². The van der Waals surface area contributed by atoms with Crippen molar-refractivity contribution < 1.29 is 4.74 Å². The van der Waals surface area contributed by atoms with E-state index in [-0.39, 0.29) is 6.10 Å². The van der Waals surface area contributed by atoms with Gasteiger partial charge in [-0.2, -0.15) is 0 Å². The van der Waals surface area contributed by atoms with Gasteiger partial charge in [0.25, 0.3) is 0 Å². The minimum absolute atomic E-state index is 0.134. The largest absolute Gasteiger partial charge is 0.373 e. The smallest absolute Gasteiger partial charge is 0.0797 e. The number of ether oxygens (including phenoxy) is 1. The monoisotopic (exact) mass is 262 g/mol. The highest BCUT2D eigenvalue weighted by Gasteiger charge is 2.03. The lowest BCUT2D eigenvalue weighted by atomic mass is 10.1. The molecule has 1 aromatic carbocycles. The molecule has 72 valence electrons. The maximum Gasteiger partial charge on any atom is 0.0797 e. The van der Waals surface area contributed by atoms with Gasteiger partial charge in [0.05, 0.1) is 12.7 Å². The van der Waals surface area contributed by atoms with E-state index < -0.39 is 0 Å². The summed E-state index contributed by atoms with van der Waals surface area (Å²) >= 11 is 9.09. The fourth-order valence-electron chi connectivity index (χ4n) is 1.05. The number of halogens is 2. The Morgan fingerprint density at radius 1 is 1.38 bits per heavy atom. The molecule has 0 aliphatic heterocycles. The Balaban J connectivity index is 2.55. The van der Waals surface area contributed by atoms with Gasteiger partial charge in [0.15, 0.2) is 0 Å². The molecule has 0 spiro atoms.